The monoisotopic (exact) mass is 271 g/mol. The van der Waals surface area contributed by atoms with Crippen LogP contribution in [0.5, 0.6) is 0 Å². The number of rotatable bonds is 4. The van der Waals surface area contributed by atoms with E-state index in [0.29, 0.717) is 11.8 Å². The van der Waals surface area contributed by atoms with Gasteiger partial charge in [0, 0.05) is 0 Å². The molecule has 21 heavy (non-hydrogen) atoms. The van der Waals surface area contributed by atoms with Crippen molar-refractivity contribution in [1.82, 2.24) is 0 Å². The van der Waals surface area contributed by atoms with E-state index in [9.17, 15) is 0 Å². The standard InChI is InChI=1S/C19H22N.Li/c1-14(2)17-11-8-12-18(15(3)4)19(17)20-13-16-9-6-5-7-10-16;/h5-9,11-15H,1-4H3;/q-1;+1. The van der Waals surface area contributed by atoms with Gasteiger partial charge in [-0.05, 0) is 29.2 Å². The molecule has 0 saturated carbocycles. The molecule has 0 N–H and O–H groups in total. The molecule has 0 saturated heterocycles. The molecule has 2 aromatic carbocycles. The minimum Gasteiger partial charge on any atom is -0.304 e. The van der Waals surface area contributed by atoms with Gasteiger partial charge in [0.25, 0.3) is 0 Å². The Balaban J connectivity index is 0.00000220. The number of hydrogen-bond acceptors (Lipinski definition) is 1. The number of benzene rings is 2. The summed E-state index contributed by atoms with van der Waals surface area (Å²) in [5.74, 6) is 0.946. The molecule has 0 aliphatic heterocycles. The average Bonchev–Trinajstić information content (AvgIpc) is 2.45. The quantitative estimate of drug-likeness (QED) is 0.460. The van der Waals surface area contributed by atoms with Gasteiger partial charge in [-0.1, -0.05) is 45.9 Å². The topological polar surface area (TPSA) is 12.4 Å². The van der Waals surface area contributed by atoms with Crippen LogP contribution in [0.25, 0.3) is 0 Å². The molecule has 104 valence electrons. The Morgan fingerprint density at radius 2 is 1.52 bits per heavy atom. The predicted octanol–water partition coefficient (Wildman–Crippen LogP) is 2.49. The molecule has 0 spiro atoms. The molecule has 2 rings (SSSR count). The van der Waals surface area contributed by atoms with Gasteiger partial charge in [-0.15, -0.1) is 35.9 Å². The second kappa shape index (κ2) is 8.22. The summed E-state index contributed by atoms with van der Waals surface area (Å²) >= 11 is 0. The molecular formula is C19H22LiN. The summed E-state index contributed by atoms with van der Waals surface area (Å²) in [5, 5.41) is 0. The molecule has 0 aromatic heterocycles. The van der Waals surface area contributed by atoms with Crippen molar-refractivity contribution < 1.29 is 18.9 Å². The normalized spacial score (nSPS) is 11.1. The van der Waals surface area contributed by atoms with Crippen LogP contribution in [0.3, 0.4) is 0 Å². The third-order valence-electron chi connectivity index (χ3n) is 3.41. The number of aliphatic imine (C=N–C) groups is 1. The molecule has 0 radical (unpaired) electrons. The van der Waals surface area contributed by atoms with Crippen molar-refractivity contribution >= 4 is 11.9 Å². The molecule has 2 heteroatoms. The van der Waals surface area contributed by atoms with E-state index in [4.69, 9.17) is 4.99 Å². The molecule has 0 bridgehead atoms. The first-order chi connectivity index (χ1) is 9.59. The van der Waals surface area contributed by atoms with Gasteiger partial charge in [0.05, 0.1) is 5.69 Å². The van der Waals surface area contributed by atoms with Gasteiger partial charge in [0.1, 0.15) is 0 Å². The van der Waals surface area contributed by atoms with Crippen LogP contribution in [0.2, 0.25) is 0 Å². The summed E-state index contributed by atoms with van der Waals surface area (Å²) in [7, 11) is 0. The number of para-hydroxylation sites is 1. The summed E-state index contributed by atoms with van der Waals surface area (Å²) in [6, 6.07) is 17.6. The van der Waals surface area contributed by atoms with Gasteiger partial charge < -0.3 is 4.99 Å². The maximum absolute atomic E-state index is 4.76. The summed E-state index contributed by atoms with van der Waals surface area (Å²) in [5.41, 5.74) is 4.75. The fourth-order valence-electron chi connectivity index (χ4n) is 2.28. The average molecular weight is 271 g/mol. The summed E-state index contributed by atoms with van der Waals surface area (Å²) in [4.78, 5) is 4.76. The minimum atomic E-state index is 0. The Morgan fingerprint density at radius 3 is 2.00 bits per heavy atom. The van der Waals surface area contributed by atoms with Crippen LogP contribution >= 0.6 is 0 Å². The van der Waals surface area contributed by atoms with Gasteiger partial charge >= 0.3 is 18.9 Å². The number of hydrogen-bond donors (Lipinski definition) is 0. The zero-order valence-corrected chi connectivity index (χ0v) is 13.7. The van der Waals surface area contributed by atoms with Crippen molar-refractivity contribution in [3.63, 3.8) is 0 Å². The fraction of sp³-hybridized carbons (Fsp3) is 0.316. The van der Waals surface area contributed by atoms with E-state index < -0.39 is 0 Å². The third kappa shape index (κ3) is 4.60. The van der Waals surface area contributed by atoms with Crippen LogP contribution < -0.4 is 18.9 Å². The van der Waals surface area contributed by atoms with E-state index in [-0.39, 0.29) is 18.9 Å². The first kappa shape index (κ1) is 17.8. The van der Waals surface area contributed by atoms with Crippen molar-refractivity contribution in [1.29, 1.82) is 0 Å². The van der Waals surface area contributed by atoms with E-state index in [1.54, 1.807) is 0 Å². The summed E-state index contributed by atoms with van der Waals surface area (Å²) < 4.78 is 0. The largest absolute Gasteiger partial charge is 1.00 e. The minimum absolute atomic E-state index is 0. The van der Waals surface area contributed by atoms with E-state index in [1.165, 1.54) is 11.1 Å². The van der Waals surface area contributed by atoms with Crippen molar-refractivity contribution in [2.24, 2.45) is 4.99 Å². The van der Waals surface area contributed by atoms with E-state index in [1.807, 2.05) is 30.5 Å². The molecule has 0 fully saturated rings. The molecular weight excluding hydrogens is 249 g/mol. The van der Waals surface area contributed by atoms with Crippen molar-refractivity contribution in [3.8, 4) is 0 Å². The molecule has 0 atom stereocenters. The Morgan fingerprint density at radius 1 is 0.905 bits per heavy atom. The van der Waals surface area contributed by atoms with Gasteiger partial charge in [0.2, 0.25) is 0 Å². The van der Waals surface area contributed by atoms with Crippen LogP contribution in [0.4, 0.5) is 5.69 Å². The second-order valence-electron chi connectivity index (χ2n) is 5.67. The summed E-state index contributed by atoms with van der Waals surface area (Å²) in [6.45, 7) is 8.86. The van der Waals surface area contributed by atoms with Gasteiger partial charge in [-0.2, -0.15) is 0 Å². The van der Waals surface area contributed by atoms with Gasteiger partial charge in [-0.25, -0.2) is 0 Å². The Labute approximate surface area is 140 Å². The first-order valence-electron chi connectivity index (χ1n) is 7.23. The first-order valence-corrected chi connectivity index (χ1v) is 7.23. The number of nitrogens with zero attached hydrogens (tertiary/aromatic N) is 1. The van der Waals surface area contributed by atoms with Crippen LogP contribution in [0.15, 0.2) is 47.5 Å². The molecule has 0 aliphatic carbocycles. The van der Waals surface area contributed by atoms with Gasteiger partial charge in [-0.3, -0.25) is 0 Å². The predicted molar refractivity (Wildman–Crippen MR) is 87.2 cm³/mol. The SMILES string of the molecule is CC(C)c1cccc(C(C)C)c1N=Cc1[c-]cccc1.[Li+]. The smallest absolute Gasteiger partial charge is 0.304 e. The van der Waals surface area contributed by atoms with E-state index in [2.05, 4.69) is 52.0 Å². The van der Waals surface area contributed by atoms with Crippen molar-refractivity contribution in [2.75, 3.05) is 0 Å². The molecule has 0 aliphatic rings. The zero-order valence-electron chi connectivity index (χ0n) is 13.7. The fourth-order valence-corrected chi connectivity index (χ4v) is 2.28. The molecule has 0 amide bonds. The van der Waals surface area contributed by atoms with E-state index in [0.717, 1.165) is 11.3 Å². The Kier molecular flexibility index (Phi) is 6.95. The van der Waals surface area contributed by atoms with Crippen LogP contribution in [-0.2, 0) is 0 Å². The third-order valence-corrected chi connectivity index (χ3v) is 3.41. The van der Waals surface area contributed by atoms with Crippen molar-refractivity contribution in [2.45, 2.75) is 39.5 Å². The maximum atomic E-state index is 4.76. The van der Waals surface area contributed by atoms with E-state index >= 15 is 0 Å². The second-order valence-corrected chi connectivity index (χ2v) is 5.67. The molecule has 2 aromatic rings. The van der Waals surface area contributed by atoms with Crippen molar-refractivity contribution in [3.05, 3.63) is 65.2 Å². The van der Waals surface area contributed by atoms with Crippen LogP contribution in [0, 0.1) is 6.07 Å². The molecule has 0 heterocycles. The van der Waals surface area contributed by atoms with Crippen LogP contribution in [0.1, 0.15) is 56.2 Å². The maximum Gasteiger partial charge on any atom is 1.00 e. The van der Waals surface area contributed by atoms with Gasteiger partial charge in [0.15, 0.2) is 0 Å². The van der Waals surface area contributed by atoms with Crippen LogP contribution in [-0.4, -0.2) is 6.21 Å². The Bertz CT molecular complexity index is 560. The molecule has 0 unspecified atom stereocenters. The zero-order chi connectivity index (χ0) is 14.5. The molecule has 1 nitrogen and oxygen atoms in total. The Hall–Kier alpha value is -1.29. The summed E-state index contributed by atoms with van der Waals surface area (Å²) in [6.07, 6.45) is 1.91.